The van der Waals surface area contributed by atoms with Gasteiger partial charge in [0.1, 0.15) is 0 Å². The predicted octanol–water partition coefficient (Wildman–Crippen LogP) is 1.96. The van der Waals surface area contributed by atoms with Crippen molar-refractivity contribution < 1.29 is 9.34 Å². The quantitative estimate of drug-likeness (QED) is 0.648. The number of hydrogen-bond acceptors (Lipinski definition) is 7. The van der Waals surface area contributed by atoms with Crippen molar-refractivity contribution in [2.75, 3.05) is 5.32 Å². The number of rotatable bonds is 4. The van der Waals surface area contributed by atoms with Crippen LogP contribution in [0.5, 0.6) is 0 Å². The lowest BCUT2D eigenvalue weighted by atomic mass is 10.4. The van der Waals surface area contributed by atoms with Crippen molar-refractivity contribution in [1.29, 1.82) is 0 Å². The average Bonchev–Trinajstić information content (AvgIpc) is 2.83. The van der Waals surface area contributed by atoms with E-state index in [9.17, 15) is 10.1 Å². The molecule has 0 bridgehead atoms. The van der Waals surface area contributed by atoms with Crippen LogP contribution in [0.3, 0.4) is 0 Å². The first-order valence-electron chi connectivity index (χ1n) is 4.42. The summed E-state index contributed by atoms with van der Waals surface area (Å²) >= 11 is 1.12. The van der Waals surface area contributed by atoms with Gasteiger partial charge in [-0.05, 0) is 6.07 Å². The summed E-state index contributed by atoms with van der Waals surface area (Å²) in [5.74, 6) is 0.472. The molecule has 0 radical (unpaired) electrons. The number of aryl methyl sites for hydroxylation is 1. The standard InChI is InChI=1S/C8H8N4O3S/c1-5-10-11-8(15-5)9-4-6-2-3-7(16-6)12(13)14/h2-3H,4H2,1H3,(H,9,11). The monoisotopic (exact) mass is 240 g/mol. The summed E-state index contributed by atoms with van der Waals surface area (Å²) in [4.78, 5) is 10.9. The van der Waals surface area contributed by atoms with Crippen molar-refractivity contribution in [1.82, 2.24) is 10.2 Å². The van der Waals surface area contributed by atoms with Gasteiger partial charge in [-0.15, -0.1) is 5.10 Å². The smallest absolute Gasteiger partial charge is 0.324 e. The van der Waals surface area contributed by atoms with Gasteiger partial charge >= 0.3 is 11.0 Å². The van der Waals surface area contributed by atoms with Gasteiger partial charge in [0, 0.05) is 17.9 Å². The molecule has 0 atom stereocenters. The third kappa shape index (κ3) is 2.34. The number of nitrogens with one attached hydrogen (secondary N) is 1. The zero-order chi connectivity index (χ0) is 11.5. The van der Waals surface area contributed by atoms with Crippen LogP contribution in [0.2, 0.25) is 0 Å². The van der Waals surface area contributed by atoms with E-state index >= 15 is 0 Å². The molecule has 2 aromatic heterocycles. The van der Waals surface area contributed by atoms with Gasteiger partial charge in [0.05, 0.1) is 11.5 Å². The van der Waals surface area contributed by atoms with Gasteiger partial charge in [0.15, 0.2) is 0 Å². The number of anilines is 1. The first-order valence-corrected chi connectivity index (χ1v) is 5.24. The van der Waals surface area contributed by atoms with E-state index in [0.717, 1.165) is 16.2 Å². The van der Waals surface area contributed by atoms with Crippen LogP contribution in [-0.4, -0.2) is 15.1 Å². The summed E-state index contributed by atoms with van der Waals surface area (Å²) in [6, 6.07) is 3.48. The Kier molecular flexibility index (Phi) is 2.82. The van der Waals surface area contributed by atoms with Crippen molar-refractivity contribution in [2.45, 2.75) is 13.5 Å². The molecule has 0 fully saturated rings. The van der Waals surface area contributed by atoms with E-state index in [1.165, 1.54) is 6.07 Å². The lowest BCUT2D eigenvalue weighted by molar-refractivity contribution is -0.380. The van der Waals surface area contributed by atoms with Gasteiger partial charge in [-0.2, -0.15) is 0 Å². The topological polar surface area (TPSA) is 94.1 Å². The summed E-state index contributed by atoms with van der Waals surface area (Å²) in [7, 11) is 0. The van der Waals surface area contributed by atoms with Crippen LogP contribution >= 0.6 is 11.3 Å². The molecule has 84 valence electrons. The molecular formula is C8H8N4O3S. The second-order valence-corrected chi connectivity index (χ2v) is 4.12. The van der Waals surface area contributed by atoms with E-state index < -0.39 is 4.92 Å². The van der Waals surface area contributed by atoms with Crippen molar-refractivity contribution in [3.63, 3.8) is 0 Å². The first kappa shape index (κ1) is 10.6. The average molecular weight is 240 g/mol. The molecule has 16 heavy (non-hydrogen) atoms. The van der Waals surface area contributed by atoms with E-state index in [0.29, 0.717) is 18.5 Å². The fourth-order valence-corrected chi connectivity index (χ4v) is 1.85. The van der Waals surface area contributed by atoms with E-state index in [1.54, 1.807) is 13.0 Å². The maximum atomic E-state index is 10.4. The minimum atomic E-state index is -0.412. The normalized spacial score (nSPS) is 10.3. The Morgan fingerprint density at radius 2 is 2.38 bits per heavy atom. The number of nitrogens with zero attached hydrogens (tertiary/aromatic N) is 3. The molecule has 0 amide bonds. The number of nitro groups is 1. The van der Waals surface area contributed by atoms with Crippen LogP contribution < -0.4 is 5.32 Å². The molecule has 0 saturated carbocycles. The Morgan fingerprint density at radius 1 is 1.56 bits per heavy atom. The van der Waals surface area contributed by atoms with Gasteiger partial charge in [-0.3, -0.25) is 10.1 Å². The van der Waals surface area contributed by atoms with E-state index in [2.05, 4.69) is 15.5 Å². The van der Waals surface area contributed by atoms with Crippen LogP contribution in [0.4, 0.5) is 11.0 Å². The fraction of sp³-hybridized carbons (Fsp3) is 0.250. The number of aromatic nitrogens is 2. The number of thiophene rings is 1. The maximum Gasteiger partial charge on any atom is 0.324 e. The van der Waals surface area contributed by atoms with Crippen LogP contribution in [-0.2, 0) is 6.54 Å². The van der Waals surface area contributed by atoms with Crippen molar-refractivity contribution >= 4 is 22.4 Å². The van der Waals surface area contributed by atoms with Crippen LogP contribution in [0, 0.1) is 17.0 Å². The highest BCUT2D eigenvalue weighted by Gasteiger charge is 2.10. The molecule has 0 aliphatic rings. The molecule has 8 heteroatoms. The van der Waals surface area contributed by atoms with Crippen LogP contribution in [0.15, 0.2) is 16.5 Å². The molecule has 0 saturated heterocycles. The fourth-order valence-electron chi connectivity index (χ4n) is 1.09. The molecule has 2 heterocycles. The molecule has 7 nitrogen and oxygen atoms in total. The lowest BCUT2D eigenvalue weighted by Crippen LogP contribution is -1.97. The van der Waals surface area contributed by atoms with E-state index in [1.807, 2.05) is 0 Å². The molecule has 2 aromatic rings. The minimum Gasteiger partial charge on any atom is -0.408 e. The molecule has 1 N–H and O–H groups in total. The minimum absolute atomic E-state index is 0.124. The summed E-state index contributed by atoms with van der Waals surface area (Å²) in [6.07, 6.45) is 0. The summed E-state index contributed by atoms with van der Waals surface area (Å²) in [5, 5.41) is 20.8. The molecule has 2 rings (SSSR count). The Hall–Kier alpha value is -1.96. The van der Waals surface area contributed by atoms with Crippen molar-refractivity contribution in [3.05, 3.63) is 33.0 Å². The summed E-state index contributed by atoms with van der Waals surface area (Å²) in [5.41, 5.74) is 0. The predicted molar refractivity (Wildman–Crippen MR) is 57.3 cm³/mol. The molecular weight excluding hydrogens is 232 g/mol. The lowest BCUT2D eigenvalue weighted by Gasteiger charge is -1.96. The van der Waals surface area contributed by atoms with Gasteiger partial charge in [-0.1, -0.05) is 16.4 Å². The molecule has 0 aliphatic heterocycles. The van der Waals surface area contributed by atoms with Crippen molar-refractivity contribution in [2.24, 2.45) is 0 Å². The third-order valence-corrected chi connectivity index (χ3v) is 2.80. The van der Waals surface area contributed by atoms with E-state index in [4.69, 9.17) is 4.42 Å². The maximum absolute atomic E-state index is 10.4. The first-order chi connectivity index (χ1) is 7.65. The SMILES string of the molecule is Cc1nnc(NCc2ccc([N+](=O)[O-])s2)o1. The van der Waals surface area contributed by atoms with Gasteiger partial charge in [-0.25, -0.2) is 0 Å². The highest BCUT2D eigenvalue weighted by Crippen LogP contribution is 2.24. The van der Waals surface area contributed by atoms with Gasteiger partial charge in [0.25, 0.3) is 0 Å². The van der Waals surface area contributed by atoms with E-state index in [-0.39, 0.29) is 5.00 Å². The van der Waals surface area contributed by atoms with Crippen LogP contribution in [0.1, 0.15) is 10.8 Å². The van der Waals surface area contributed by atoms with Crippen molar-refractivity contribution in [3.8, 4) is 0 Å². The Morgan fingerprint density at radius 3 is 2.94 bits per heavy atom. The largest absolute Gasteiger partial charge is 0.408 e. The van der Waals surface area contributed by atoms with Gasteiger partial charge < -0.3 is 9.73 Å². The molecule has 0 unspecified atom stereocenters. The number of hydrogen-bond donors (Lipinski definition) is 1. The molecule has 0 aromatic carbocycles. The third-order valence-electron chi connectivity index (χ3n) is 1.77. The highest BCUT2D eigenvalue weighted by atomic mass is 32.1. The molecule has 0 spiro atoms. The second-order valence-electron chi connectivity index (χ2n) is 2.98. The van der Waals surface area contributed by atoms with Gasteiger partial charge in [0.2, 0.25) is 5.89 Å². The second kappa shape index (κ2) is 4.27. The summed E-state index contributed by atoms with van der Waals surface area (Å²) in [6.45, 7) is 2.12. The zero-order valence-corrected chi connectivity index (χ0v) is 9.15. The van der Waals surface area contributed by atoms with Crippen LogP contribution in [0.25, 0.3) is 0 Å². The summed E-state index contributed by atoms with van der Waals surface area (Å²) < 4.78 is 5.10. The molecule has 0 aliphatic carbocycles. The zero-order valence-electron chi connectivity index (χ0n) is 8.34. The Labute approximate surface area is 94.3 Å². The Bertz CT molecular complexity index is 507. The highest BCUT2D eigenvalue weighted by molar-refractivity contribution is 7.15. The Balaban J connectivity index is 1.97.